The van der Waals surface area contributed by atoms with Gasteiger partial charge < -0.3 is 55.6 Å². The number of benzene rings is 2. The fourth-order valence-corrected chi connectivity index (χ4v) is 9.07. The second-order valence-corrected chi connectivity index (χ2v) is 20.2. The molecule has 3 atom stereocenters. The molecule has 1 aromatic heterocycles. The molecule has 1 unspecified atom stereocenters. The van der Waals surface area contributed by atoms with Crippen LogP contribution in [-0.4, -0.2) is 169 Å². The van der Waals surface area contributed by atoms with Crippen molar-refractivity contribution in [3.63, 3.8) is 0 Å². The Kier molecular flexibility index (Phi) is 27.3. The zero-order chi connectivity index (χ0) is 53.9. The van der Waals surface area contributed by atoms with Crippen LogP contribution in [0.3, 0.4) is 0 Å². The number of hydrogen-bond acceptors (Lipinski definition) is 15. The largest absolute Gasteiger partial charge is 0.387 e. The lowest BCUT2D eigenvalue weighted by Crippen LogP contribution is -2.48. The van der Waals surface area contributed by atoms with Gasteiger partial charge in [0, 0.05) is 63.0 Å². The zero-order valence-electron chi connectivity index (χ0n) is 43.0. The molecule has 2 heterocycles. The number of nitrogens with one attached hydrogen (secondary N) is 2. The maximum Gasteiger partial charge on any atom is 0.248 e. The van der Waals surface area contributed by atoms with Crippen LogP contribution in [0, 0.1) is 17.0 Å². The monoisotopic (exact) mass is 1060 g/mol. The first-order valence-corrected chi connectivity index (χ1v) is 26.3. The first-order valence-electron chi connectivity index (χ1n) is 25.3. The lowest BCUT2D eigenvalue weighted by molar-refractivity contribution is -0.142. The third-order valence-electron chi connectivity index (χ3n) is 11.9. The summed E-state index contributed by atoms with van der Waals surface area (Å²) in [5, 5.41) is 15.1. The second-order valence-electron chi connectivity index (χ2n) is 18.8. The van der Waals surface area contributed by atoms with Gasteiger partial charge in [0.1, 0.15) is 24.1 Å². The highest BCUT2D eigenvalue weighted by Crippen LogP contribution is 2.39. The fraction of sp³-hybridized carbons (Fsp3) is 0.596. The number of rotatable bonds is 37. The summed E-state index contributed by atoms with van der Waals surface area (Å²) in [6.45, 7) is 8.83. The summed E-state index contributed by atoms with van der Waals surface area (Å²) in [7, 11) is 0. The Balaban J connectivity index is 1.13. The van der Waals surface area contributed by atoms with Gasteiger partial charge in [0.25, 0.3) is 0 Å². The highest BCUT2D eigenvalue weighted by Gasteiger charge is 2.40. The topological polar surface area (TPSA) is 260 Å². The Morgan fingerprint density at radius 2 is 1.54 bits per heavy atom. The van der Waals surface area contributed by atoms with E-state index < -0.39 is 64.6 Å². The Morgan fingerprint density at radius 3 is 2.20 bits per heavy atom. The molecule has 4 rings (SSSR count). The number of amides is 5. The predicted octanol–water partition coefficient (Wildman–Crippen LogP) is 3.53. The summed E-state index contributed by atoms with van der Waals surface area (Å²) in [5.74, 6) is -2.97. The number of nitrogens with zero attached hydrogens (tertiary/aromatic N) is 4. The van der Waals surface area contributed by atoms with Crippen LogP contribution in [0.2, 0.25) is 0 Å². The number of imidazole rings is 1. The summed E-state index contributed by atoms with van der Waals surface area (Å²) in [6.07, 6.45) is 4.92. The van der Waals surface area contributed by atoms with Crippen molar-refractivity contribution < 1.29 is 61.6 Å². The zero-order valence-corrected chi connectivity index (χ0v) is 43.9. The minimum Gasteiger partial charge on any atom is -0.387 e. The van der Waals surface area contributed by atoms with Gasteiger partial charge in [-0.05, 0) is 61.4 Å². The Morgan fingerprint density at radius 1 is 0.878 bits per heavy atom. The third kappa shape index (κ3) is 21.2. The van der Waals surface area contributed by atoms with Gasteiger partial charge in [-0.2, -0.15) is 0 Å². The molecule has 0 spiro atoms. The van der Waals surface area contributed by atoms with Gasteiger partial charge in [-0.25, -0.2) is 13.8 Å². The van der Waals surface area contributed by atoms with Crippen LogP contribution in [0.25, 0.3) is 11.3 Å². The normalized spacial score (nSPS) is 14.6. The van der Waals surface area contributed by atoms with Crippen LogP contribution in [0.1, 0.15) is 89.6 Å². The molecule has 19 nitrogen and oxygen atoms in total. The minimum atomic E-state index is -1.10. The molecule has 0 saturated carbocycles. The lowest BCUT2D eigenvalue weighted by atomic mass is 9.84. The number of unbranched alkanes of at least 4 members (excludes halogenated alkanes) is 2. The van der Waals surface area contributed by atoms with Gasteiger partial charge in [0.05, 0.1) is 82.4 Å². The van der Waals surface area contributed by atoms with E-state index in [0.717, 1.165) is 47.9 Å². The van der Waals surface area contributed by atoms with E-state index in [9.17, 15) is 38.3 Å². The molecule has 2 aromatic carbocycles. The molecule has 5 amide bonds. The number of hydrogen-bond donors (Lipinski definition) is 5. The maximum atomic E-state index is 15.1. The molecule has 0 radical (unpaired) electrons. The second kappa shape index (κ2) is 33.0. The van der Waals surface area contributed by atoms with E-state index in [0.29, 0.717) is 83.9 Å². The Hall–Kier alpha value is -5.20. The van der Waals surface area contributed by atoms with E-state index in [1.807, 2.05) is 51.1 Å². The molecule has 410 valence electrons. The van der Waals surface area contributed by atoms with Gasteiger partial charge in [-0.1, -0.05) is 57.5 Å². The quantitative estimate of drug-likeness (QED) is 0.0409. The molecule has 1 aliphatic rings. The summed E-state index contributed by atoms with van der Waals surface area (Å²) < 4.78 is 53.2. The van der Waals surface area contributed by atoms with Crippen LogP contribution in [0.15, 0.2) is 54.7 Å². The Labute approximate surface area is 437 Å². The Bertz CT molecular complexity index is 2230. The molecule has 0 bridgehead atoms. The standard InChI is InChI=1S/C52H76F2N8O11S/c1-52(2,3)48(49-59-43(40-31-38(53)14-15-41(40)54)35-60(49)33-37-11-6-4-7-12-37)61(47(67)36-63)21-16-42(56)50(68)58-20-10-13-39(64)34-62-46(66)32-44(51(62)69)74-30-29-73-28-27-72-26-25-71-24-23-70-22-17-45(65)57-19-9-5-8-18-55/h4,6-7,11-12,14-15,31,35,42,44,48,63H,5,8-10,13,16-30,32-34,36,55-56H2,1-3H3,(H,57,65)(H,58,68)/t42-,44?,48-/m0/s1. The van der Waals surface area contributed by atoms with E-state index in [4.69, 9.17) is 35.4 Å². The molecule has 0 aliphatic carbocycles. The van der Waals surface area contributed by atoms with Crippen LogP contribution in [-0.2, 0) is 54.3 Å². The molecule has 1 aliphatic heterocycles. The van der Waals surface area contributed by atoms with Gasteiger partial charge in [0.2, 0.25) is 29.5 Å². The molecule has 7 N–H and O–H groups in total. The molecule has 3 aromatic rings. The summed E-state index contributed by atoms with van der Waals surface area (Å²) >= 11 is 1.29. The number of nitrogens with two attached hydrogens (primary N) is 2. The van der Waals surface area contributed by atoms with Crippen LogP contribution in [0.5, 0.6) is 0 Å². The van der Waals surface area contributed by atoms with Crippen molar-refractivity contribution in [2.24, 2.45) is 16.9 Å². The maximum absolute atomic E-state index is 15.1. The first-order chi connectivity index (χ1) is 35.5. The number of thioether (sulfide) groups is 1. The van der Waals surface area contributed by atoms with Gasteiger partial charge in [-0.3, -0.25) is 33.7 Å². The molecule has 1 fully saturated rings. The van der Waals surface area contributed by atoms with E-state index >= 15 is 4.39 Å². The van der Waals surface area contributed by atoms with Crippen molar-refractivity contribution in [3.8, 4) is 11.3 Å². The van der Waals surface area contributed by atoms with Gasteiger partial charge in [0.15, 0.2) is 5.78 Å². The predicted molar refractivity (Wildman–Crippen MR) is 275 cm³/mol. The molecular weight excluding hydrogens is 983 g/mol. The van der Waals surface area contributed by atoms with Gasteiger partial charge >= 0.3 is 0 Å². The number of Topliss-reactive ketones (excluding diaryl/α,β-unsaturated/α-hetero) is 1. The summed E-state index contributed by atoms with van der Waals surface area (Å²) in [5.41, 5.74) is 12.0. The average Bonchev–Trinajstić information content (AvgIpc) is 3.89. The SMILES string of the molecule is CC(C)(C)[C@H](c1nc(-c2cc(F)ccc2F)cn1Cc1ccccc1)N(CC[C@H](N)C(=O)NCCCC(=O)CN1C(=O)CC(SCCOCCOCCOCCOCCC(=O)NCCCCCN)C1=O)C(=O)CO. The van der Waals surface area contributed by atoms with E-state index in [1.165, 1.54) is 16.7 Å². The van der Waals surface area contributed by atoms with Crippen molar-refractivity contribution in [1.82, 2.24) is 30.0 Å². The van der Waals surface area contributed by atoms with E-state index in [1.54, 1.807) is 10.8 Å². The molecule has 74 heavy (non-hydrogen) atoms. The number of imide groups is 1. The molecular formula is C52H76F2N8O11S. The molecule has 22 heteroatoms. The number of carbonyl (C=O) groups excluding carboxylic acids is 6. The number of aromatic nitrogens is 2. The number of aliphatic hydroxyl groups excluding tert-OH is 1. The number of carbonyl (C=O) groups is 6. The van der Waals surface area contributed by atoms with Gasteiger partial charge in [-0.15, -0.1) is 11.8 Å². The average molecular weight is 1060 g/mol. The number of ether oxygens (including phenoxy) is 4. The van der Waals surface area contributed by atoms with Crippen molar-refractivity contribution >= 4 is 47.1 Å². The highest BCUT2D eigenvalue weighted by atomic mass is 32.2. The summed E-state index contributed by atoms with van der Waals surface area (Å²) in [6, 6.07) is 10.5. The van der Waals surface area contributed by atoms with Crippen molar-refractivity contribution in [1.29, 1.82) is 0 Å². The minimum absolute atomic E-state index is 0.0116. The van der Waals surface area contributed by atoms with Crippen molar-refractivity contribution in [3.05, 3.63) is 77.8 Å². The molecule has 1 saturated heterocycles. The van der Waals surface area contributed by atoms with Crippen LogP contribution >= 0.6 is 11.8 Å². The van der Waals surface area contributed by atoms with Crippen molar-refractivity contribution in [2.45, 2.75) is 96.0 Å². The number of aliphatic hydroxyl groups is 1. The lowest BCUT2D eigenvalue weighted by Gasteiger charge is -2.40. The number of ketones is 1. The van der Waals surface area contributed by atoms with E-state index in [2.05, 4.69) is 10.6 Å². The van der Waals surface area contributed by atoms with Crippen LogP contribution < -0.4 is 22.1 Å². The number of halogens is 2. The van der Waals surface area contributed by atoms with Crippen LogP contribution in [0.4, 0.5) is 8.78 Å². The summed E-state index contributed by atoms with van der Waals surface area (Å²) in [4.78, 5) is 84.2. The number of likely N-dealkylation sites (tertiary alicyclic amines) is 1. The smallest absolute Gasteiger partial charge is 0.248 e. The van der Waals surface area contributed by atoms with E-state index in [-0.39, 0.29) is 74.8 Å². The highest BCUT2D eigenvalue weighted by molar-refractivity contribution is 8.00. The third-order valence-corrected chi connectivity index (χ3v) is 13.0. The van der Waals surface area contributed by atoms with Crippen molar-refractivity contribution in [2.75, 3.05) is 97.9 Å². The first kappa shape index (κ1) is 61.3. The fourth-order valence-electron chi connectivity index (χ4n) is 8.04.